The van der Waals surface area contributed by atoms with Crippen LogP contribution >= 0.6 is 0 Å². The number of piperazine rings is 1. The van der Waals surface area contributed by atoms with Crippen molar-refractivity contribution in [2.24, 2.45) is 0 Å². The first kappa shape index (κ1) is 25.0. The predicted octanol–water partition coefficient (Wildman–Crippen LogP) is 5.04. The lowest BCUT2D eigenvalue weighted by Gasteiger charge is -2.39. The average molecular weight is 524 g/mol. The Kier molecular flexibility index (Phi) is 6.63. The fourth-order valence-corrected chi connectivity index (χ4v) is 5.98. The fraction of sp³-hybridized carbons (Fsp3) is 0.448. The molecule has 0 radical (unpaired) electrons. The molecular weight excluding hydrogens is 491 g/mol. The van der Waals surface area contributed by atoms with Crippen molar-refractivity contribution in [3.05, 3.63) is 65.4 Å². The number of hydrogen-bond acceptors (Lipinski definition) is 6. The lowest BCUT2D eigenvalue weighted by molar-refractivity contribution is 0.230. The van der Waals surface area contributed by atoms with Crippen molar-refractivity contribution in [2.75, 3.05) is 49.1 Å². The van der Waals surface area contributed by atoms with E-state index < -0.39 is 11.6 Å². The van der Waals surface area contributed by atoms with E-state index in [1.165, 1.54) is 18.6 Å². The Balaban J connectivity index is 1.25. The van der Waals surface area contributed by atoms with Gasteiger partial charge in [0.05, 0.1) is 24.1 Å². The summed E-state index contributed by atoms with van der Waals surface area (Å²) in [5.41, 5.74) is 2.21. The topological polar surface area (TPSA) is 44.7 Å². The lowest BCUT2D eigenvalue weighted by Crippen LogP contribution is -2.50. The van der Waals surface area contributed by atoms with Crippen LogP contribution in [0.5, 0.6) is 5.75 Å². The van der Waals surface area contributed by atoms with Gasteiger partial charge in [-0.15, -0.1) is 0 Å². The van der Waals surface area contributed by atoms with Crippen LogP contribution in [0.3, 0.4) is 0 Å². The first-order valence-corrected chi connectivity index (χ1v) is 13.4. The van der Waals surface area contributed by atoms with E-state index in [0.717, 1.165) is 38.8 Å². The summed E-state index contributed by atoms with van der Waals surface area (Å²) in [5.74, 6) is -0.967. The van der Waals surface area contributed by atoms with Crippen molar-refractivity contribution in [1.82, 2.24) is 14.9 Å². The summed E-state index contributed by atoms with van der Waals surface area (Å²) in [4.78, 5) is 15.2. The molecule has 2 fully saturated rings. The van der Waals surface area contributed by atoms with Crippen molar-refractivity contribution in [3.63, 3.8) is 0 Å². The molecule has 0 amide bonds. The zero-order chi connectivity index (χ0) is 26.4. The van der Waals surface area contributed by atoms with E-state index in [-0.39, 0.29) is 29.7 Å². The van der Waals surface area contributed by atoms with Gasteiger partial charge in [-0.2, -0.15) is 0 Å². The predicted molar refractivity (Wildman–Crippen MR) is 141 cm³/mol. The molecular formula is C29H32F3N5O. The molecule has 3 aliphatic heterocycles. The van der Waals surface area contributed by atoms with E-state index in [1.807, 2.05) is 30.9 Å². The van der Waals surface area contributed by atoms with E-state index in [0.29, 0.717) is 47.5 Å². The van der Waals surface area contributed by atoms with Crippen molar-refractivity contribution in [1.29, 1.82) is 0 Å². The normalized spacial score (nSPS) is 19.5. The highest BCUT2D eigenvalue weighted by Gasteiger charge is 2.31. The molecule has 3 aliphatic rings. The largest absolute Gasteiger partial charge is 0.486 e. The van der Waals surface area contributed by atoms with Gasteiger partial charge < -0.3 is 14.5 Å². The highest BCUT2D eigenvalue weighted by molar-refractivity contribution is 5.72. The molecule has 1 atom stereocenters. The van der Waals surface area contributed by atoms with Gasteiger partial charge in [0.25, 0.3) is 0 Å². The van der Waals surface area contributed by atoms with E-state index in [4.69, 9.17) is 4.74 Å². The van der Waals surface area contributed by atoms with E-state index in [9.17, 15) is 8.78 Å². The quantitative estimate of drug-likeness (QED) is 0.467. The minimum Gasteiger partial charge on any atom is -0.486 e. The van der Waals surface area contributed by atoms with Gasteiger partial charge in [0, 0.05) is 43.7 Å². The summed E-state index contributed by atoms with van der Waals surface area (Å²) in [6.07, 6.45) is 3.70. The minimum atomic E-state index is -0.645. The van der Waals surface area contributed by atoms with Gasteiger partial charge in [-0.25, -0.2) is 23.1 Å². The number of benzene rings is 2. The summed E-state index contributed by atoms with van der Waals surface area (Å²) in [7, 11) is 0. The molecule has 0 N–H and O–H groups in total. The van der Waals surface area contributed by atoms with Crippen LogP contribution in [-0.2, 0) is 6.42 Å². The second kappa shape index (κ2) is 10.1. The molecule has 3 aromatic rings. The van der Waals surface area contributed by atoms with E-state index >= 15 is 4.39 Å². The van der Waals surface area contributed by atoms with Crippen LogP contribution in [0.25, 0.3) is 11.3 Å². The summed E-state index contributed by atoms with van der Waals surface area (Å²) in [6.45, 7) is 8.79. The van der Waals surface area contributed by atoms with Crippen molar-refractivity contribution >= 4 is 11.4 Å². The third kappa shape index (κ3) is 4.68. The maximum absolute atomic E-state index is 15.2. The second-order valence-corrected chi connectivity index (χ2v) is 10.7. The number of nitrogens with zero attached hydrogens (tertiary/aromatic N) is 5. The highest BCUT2D eigenvalue weighted by atomic mass is 19.1. The summed E-state index contributed by atoms with van der Waals surface area (Å²) in [5, 5.41) is 0. The third-order valence-corrected chi connectivity index (χ3v) is 7.91. The minimum absolute atomic E-state index is 0.0116. The molecule has 0 aliphatic carbocycles. The Hall–Kier alpha value is -3.33. The standard InChI is InChI=1S/C29H32F3N5O/c1-18(2)37-10-11-38-29-23(31)14-20(15-26(29)37)28-24(32)16-33-27(34-28)13-19-5-6-25(22(30)12-19)36-9-8-35-7-3-4-21(35)17-36/h5-6,12,14-16,18,21H,3-4,7-11,13,17H2,1-2H3. The molecule has 1 aromatic heterocycles. The average Bonchev–Trinajstić information content (AvgIpc) is 3.37. The van der Waals surface area contributed by atoms with Crippen molar-refractivity contribution in [2.45, 2.75) is 45.2 Å². The van der Waals surface area contributed by atoms with Gasteiger partial charge in [-0.3, -0.25) is 4.90 Å². The Bertz CT molecular complexity index is 1350. The molecule has 200 valence electrons. The summed E-state index contributed by atoms with van der Waals surface area (Å²) < 4.78 is 50.6. The van der Waals surface area contributed by atoms with Crippen LogP contribution in [0.1, 0.15) is 38.1 Å². The Morgan fingerprint density at radius 2 is 1.84 bits per heavy atom. The monoisotopic (exact) mass is 523 g/mol. The number of hydrogen-bond donors (Lipinski definition) is 0. The summed E-state index contributed by atoms with van der Waals surface area (Å²) >= 11 is 0. The zero-order valence-electron chi connectivity index (χ0n) is 21.8. The van der Waals surface area contributed by atoms with Crippen LogP contribution in [0.15, 0.2) is 36.5 Å². The Morgan fingerprint density at radius 1 is 0.974 bits per heavy atom. The fourth-order valence-electron chi connectivity index (χ4n) is 5.98. The first-order valence-electron chi connectivity index (χ1n) is 13.4. The molecule has 9 heteroatoms. The number of halogens is 3. The Morgan fingerprint density at radius 3 is 2.66 bits per heavy atom. The van der Waals surface area contributed by atoms with Crippen molar-refractivity contribution < 1.29 is 17.9 Å². The van der Waals surface area contributed by atoms with Crippen LogP contribution in [-0.4, -0.2) is 66.3 Å². The molecule has 0 saturated carbocycles. The van der Waals surface area contributed by atoms with E-state index in [1.54, 1.807) is 6.07 Å². The molecule has 38 heavy (non-hydrogen) atoms. The molecule has 6 rings (SSSR count). The maximum Gasteiger partial charge on any atom is 0.178 e. The molecule has 0 bridgehead atoms. The SMILES string of the molecule is CC(C)N1CCOc2c(F)cc(-c3nc(Cc4ccc(N5CCN6CCCC6C5)c(F)c4)ncc3F)cc21. The van der Waals surface area contributed by atoms with Gasteiger partial charge in [0.1, 0.15) is 23.9 Å². The van der Waals surface area contributed by atoms with Crippen LogP contribution in [0, 0.1) is 17.5 Å². The molecule has 6 nitrogen and oxygen atoms in total. The third-order valence-electron chi connectivity index (χ3n) is 7.91. The number of rotatable bonds is 5. The number of aromatic nitrogens is 2. The number of fused-ring (bicyclic) bond motifs is 2. The van der Waals surface area contributed by atoms with Gasteiger partial charge in [0.2, 0.25) is 0 Å². The second-order valence-electron chi connectivity index (χ2n) is 10.7. The van der Waals surface area contributed by atoms with Crippen LogP contribution in [0.2, 0.25) is 0 Å². The first-order chi connectivity index (χ1) is 18.4. The Labute approximate surface area is 221 Å². The lowest BCUT2D eigenvalue weighted by atomic mass is 10.1. The highest BCUT2D eigenvalue weighted by Crippen LogP contribution is 2.39. The van der Waals surface area contributed by atoms with Gasteiger partial charge in [0.15, 0.2) is 17.4 Å². The molecule has 2 saturated heterocycles. The van der Waals surface area contributed by atoms with Gasteiger partial charge in [-0.05, 0) is 63.1 Å². The van der Waals surface area contributed by atoms with Gasteiger partial charge >= 0.3 is 0 Å². The van der Waals surface area contributed by atoms with Crippen LogP contribution < -0.4 is 14.5 Å². The smallest absolute Gasteiger partial charge is 0.178 e. The maximum atomic E-state index is 15.2. The molecule has 0 spiro atoms. The summed E-state index contributed by atoms with van der Waals surface area (Å²) in [6, 6.07) is 8.79. The van der Waals surface area contributed by atoms with Crippen molar-refractivity contribution in [3.8, 4) is 17.0 Å². The van der Waals surface area contributed by atoms with Crippen LogP contribution in [0.4, 0.5) is 24.5 Å². The molecule has 2 aromatic carbocycles. The molecule has 1 unspecified atom stereocenters. The zero-order valence-corrected chi connectivity index (χ0v) is 21.8. The molecule has 4 heterocycles. The van der Waals surface area contributed by atoms with E-state index in [2.05, 4.69) is 19.8 Å². The van der Waals surface area contributed by atoms with Gasteiger partial charge in [-0.1, -0.05) is 6.07 Å². The number of ether oxygens (including phenoxy) is 1. The number of anilines is 2.